The van der Waals surface area contributed by atoms with Crippen LogP contribution < -0.4 is 14.2 Å². The Balaban J connectivity index is 2.20. The van der Waals surface area contributed by atoms with Gasteiger partial charge in [0.15, 0.2) is 23.1 Å². The summed E-state index contributed by atoms with van der Waals surface area (Å²) in [6, 6.07) is 7.73. The fourth-order valence-electron chi connectivity index (χ4n) is 2.61. The van der Waals surface area contributed by atoms with Crippen molar-refractivity contribution in [3.8, 4) is 17.2 Å². The Bertz CT molecular complexity index is 841. The van der Waals surface area contributed by atoms with E-state index in [-0.39, 0.29) is 18.2 Å². The second kappa shape index (κ2) is 9.64. The van der Waals surface area contributed by atoms with E-state index in [4.69, 9.17) is 25.8 Å². The van der Waals surface area contributed by atoms with Gasteiger partial charge >= 0.3 is 0 Å². The van der Waals surface area contributed by atoms with Gasteiger partial charge in [0.25, 0.3) is 5.91 Å². The van der Waals surface area contributed by atoms with Crippen molar-refractivity contribution in [2.45, 2.75) is 20.4 Å². The third kappa shape index (κ3) is 5.29. The Kier molecular flexibility index (Phi) is 7.52. The van der Waals surface area contributed by atoms with Gasteiger partial charge in [0.1, 0.15) is 0 Å². The van der Waals surface area contributed by atoms with Crippen LogP contribution in [-0.2, 0) is 6.54 Å². The summed E-state index contributed by atoms with van der Waals surface area (Å²) < 4.78 is 29.8. The summed E-state index contributed by atoms with van der Waals surface area (Å²) in [4.78, 5) is 14.3. The molecule has 0 unspecified atom stereocenters. The first-order valence-electron chi connectivity index (χ1n) is 8.85. The van der Waals surface area contributed by atoms with Crippen molar-refractivity contribution in [3.63, 3.8) is 0 Å². The first-order valence-corrected chi connectivity index (χ1v) is 9.22. The highest BCUT2D eigenvalue weighted by atomic mass is 35.5. The number of ether oxygens (including phenoxy) is 3. The van der Waals surface area contributed by atoms with Crippen molar-refractivity contribution in [2.75, 3.05) is 27.9 Å². The predicted octanol–water partition coefficient (Wildman–Crippen LogP) is 4.80. The minimum atomic E-state index is -0.475. The van der Waals surface area contributed by atoms with Gasteiger partial charge < -0.3 is 19.1 Å². The summed E-state index contributed by atoms with van der Waals surface area (Å²) >= 11 is 6.32. The van der Waals surface area contributed by atoms with E-state index in [1.807, 2.05) is 13.8 Å². The molecular weight excluding hydrogens is 385 g/mol. The molecule has 1 amide bonds. The normalized spacial score (nSPS) is 10.7. The highest BCUT2D eigenvalue weighted by Gasteiger charge is 2.19. The van der Waals surface area contributed by atoms with Gasteiger partial charge in [0.2, 0.25) is 0 Å². The van der Waals surface area contributed by atoms with E-state index in [2.05, 4.69) is 0 Å². The Hall–Kier alpha value is -2.47. The molecule has 2 aromatic rings. The number of carbonyl (C=O) groups excluding carboxylic acids is 1. The lowest BCUT2D eigenvalue weighted by atomic mass is 10.1. The molecule has 0 heterocycles. The zero-order valence-corrected chi connectivity index (χ0v) is 17.5. The molecular formula is C21H25ClFNO4. The molecule has 0 aliphatic heterocycles. The summed E-state index contributed by atoms with van der Waals surface area (Å²) in [5.74, 6) is 0.531. The van der Waals surface area contributed by atoms with Crippen LogP contribution in [-0.4, -0.2) is 38.7 Å². The van der Waals surface area contributed by atoms with Crippen LogP contribution in [0.3, 0.4) is 0 Å². The molecule has 0 radical (unpaired) electrons. The maximum Gasteiger partial charge on any atom is 0.254 e. The predicted molar refractivity (Wildman–Crippen MR) is 107 cm³/mol. The van der Waals surface area contributed by atoms with Crippen LogP contribution in [0.4, 0.5) is 4.39 Å². The van der Waals surface area contributed by atoms with E-state index in [0.717, 1.165) is 0 Å². The molecule has 0 fully saturated rings. The average Bonchev–Trinajstić information content (AvgIpc) is 2.65. The average molecular weight is 410 g/mol. The number of hydrogen-bond acceptors (Lipinski definition) is 4. The third-order valence-electron chi connectivity index (χ3n) is 4.02. The molecule has 5 nitrogen and oxygen atoms in total. The third-order valence-corrected chi connectivity index (χ3v) is 4.30. The molecule has 2 rings (SSSR count). The first-order chi connectivity index (χ1) is 13.3. The lowest BCUT2D eigenvalue weighted by Crippen LogP contribution is -2.26. The minimum absolute atomic E-state index is 0.159. The van der Waals surface area contributed by atoms with Gasteiger partial charge in [0.05, 0.1) is 25.8 Å². The van der Waals surface area contributed by atoms with Gasteiger partial charge in [-0.15, -0.1) is 0 Å². The van der Waals surface area contributed by atoms with Gasteiger partial charge in [-0.25, -0.2) is 4.39 Å². The Labute approximate surface area is 170 Å². The first kappa shape index (κ1) is 21.8. The van der Waals surface area contributed by atoms with Crippen molar-refractivity contribution in [1.82, 2.24) is 4.90 Å². The molecule has 0 N–H and O–H groups in total. The highest BCUT2D eigenvalue weighted by Crippen LogP contribution is 2.37. The SMILES string of the molecule is COc1ccc(CN(C)C(=O)c2cc(Cl)c(OCC(C)C)c(OC)c2)cc1F. The van der Waals surface area contributed by atoms with Crippen LogP contribution in [0.2, 0.25) is 5.02 Å². The minimum Gasteiger partial charge on any atom is -0.494 e. The molecule has 0 saturated heterocycles. The smallest absolute Gasteiger partial charge is 0.254 e. The number of benzene rings is 2. The van der Waals surface area contributed by atoms with Gasteiger partial charge in [-0.1, -0.05) is 31.5 Å². The number of methoxy groups -OCH3 is 2. The van der Waals surface area contributed by atoms with E-state index < -0.39 is 5.82 Å². The largest absolute Gasteiger partial charge is 0.494 e. The standard InChI is InChI=1S/C21H25ClFNO4/c1-13(2)12-28-20-16(22)9-15(10-19(20)27-5)21(25)24(3)11-14-6-7-18(26-4)17(23)8-14/h6-10,13H,11-12H2,1-5H3. The number of rotatable bonds is 8. The van der Waals surface area contributed by atoms with Crippen molar-refractivity contribution in [1.29, 1.82) is 0 Å². The molecule has 2 aromatic carbocycles. The van der Waals surface area contributed by atoms with Crippen LogP contribution in [0.1, 0.15) is 29.8 Å². The summed E-state index contributed by atoms with van der Waals surface area (Å²) in [5, 5.41) is 0.298. The number of carbonyl (C=O) groups is 1. The lowest BCUT2D eigenvalue weighted by molar-refractivity contribution is 0.0784. The number of nitrogens with zero attached hydrogens (tertiary/aromatic N) is 1. The Morgan fingerprint density at radius 1 is 1.14 bits per heavy atom. The van der Waals surface area contributed by atoms with Crippen LogP contribution in [0, 0.1) is 11.7 Å². The molecule has 0 aromatic heterocycles. The molecule has 0 atom stereocenters. The maximum atomic E-state index is 13.9. The maximum absolute atomic E-state index is 13.9. The molecule has 0 saturated carbocycles. The van der Waals surface area contributed by atoms with Crippen molar-refractivity contribution in [2.24, 2.45) is 5.92 Å². The topological polar surface area (TPSA) is 48.0 Å². The van der Waals surface area contributed by atoms with Gasteiger partial charge in [-0.3, -0.25) is 4.79 Å². The number of halogens is 2. The number of hydrogen-bond donors (Lipinski definition) is 0. The molecule has 0 aliphatic carbocycles. The molecule has 28 heavy (non-hydrogen) atoms. The van der Waals surface area contributed by atoms with E-state index in [9.17, 15) is 9.18 Å². The molecule has 0 aliphatic rings. The van der Waals surface area contributed by atoms with E-state index in [1.165, 1.54) is 31.3 Å². The highest BCUT2D eigenvalue weighted by molar-refractivity contribution is 6.32. The zero-order chi connectivity index (χ0) is 20.8. The van der Waals surface area contributed by atoms with Crippen LogP contribution in [0.15, 0.2) is 30.3 Å². The summed E-state index contributed by atoms with van der Waals surface area (Å²) in [6.07, 6.45) is 0. The molecule has 152 valence electrons. The van der Waals surface area contributed by atoms with Gasteiger partial charge in [-0.05, 0) is 35.7 Å². The zero-order valence-electron chi connectivity index (χ0n) is 16.7. The van der Waals surface area contributed by atoms with E-state index >= 15 is 0 Å². The van der Waals surface area contributed by atoms with E-state index in [1.54, 1.807) is 25.2 Å². The molecule has 0 spiro atoms. The van der Waals surface area contributed by atoms with Crippen LogP contribution >= 0.6 is 11.6 Å². The fourth-order valence-corrected chi connectivity index (χ4v) is 2.87. The van der Waals surface area contributed by atoms with Crippen molar-refractivity contribution >= 4 is 17.5 Å². The second-order valence-electron chi connectivity index (χ2n) is 6.82. The molecule has 0 bridgehead atoms. The monoisotopic (exact) mass is 409 g/mol. The summed E-state index contributed by atoms with van der Waals surface area (Å²) in [5.41, 5.74) is 0.999. The van der Waals surface area contributed by atoms with Crippen LogP contribution in [0.25, 0.3) is 0 Å². The Morgan fingerprint density at radius 2 is 1.82 bits per heavy atom. The van der Waals surface area contributed by atoms with Crippen molar-refractivity contribution in [3.05, 3.63) is 52.3 Å². The van der Waals surface area contributed by atoms with E-state index in [0.29, 0.717) is 40.2 Å². The quantitative estimate of drug-likeness (QED) is 0.628. The summed E-state index contributed by atoms with van der Waals surface area (Å²) in [7, 11) is 4.53. The second-order valence-corrected chi connectivity index (χ2v) is 7.23. The number of amides is 1. The van der Waals surface area contributed by atoms with Gasteiger partial charge in [0, 0.05) is 19.2 Å². The fraction of sp³-hybridized carbons (Fsp3) is 0.381. The van der Waals surface area contributed by atoms with Crippen molar-refractivity contribution < 1.29 is 23.4 Å². The molecule has 7 heteroatoms. The van der Waals surface area contributed by atoms with Crippen LogP contribution in [0.5, 0.6) is 17.2 Å². The summed E-state index contributed by atoms with van der Waals surface area (Å²) in [6.45, 7) is 4.75. The Morgan fingerprint density at radius 3 is 2.39 bits per heavy atom. The lowest BCUT2D eigenvalue weighted by Gasteiger charge is -2.20. The van der Waals surface area contributed by atoms with Gasteiger partial charge in [-0.2, -0.15) is 0 Å².